The van der Waals surface area contributed by atoms with Crippen molar-refractivity contribution >= 4 is 45.7 Å². The largest absolute Gasteiger partial charge is 0.497 e. The lowest BCUT2D eigenvalue weighted by Crippen LogP contribution is -2.28. The molecule has 1 atom stereocenters. The van der Waals surface area contributed by atoms with Crippen molar-refractivity contribution < 1.29 is 14.3 Å². The van der Waals surface area contributed by atoms with Crippen LogP contribution in [0.1, 0.15) is 30.5 Å². The number of fused-ring (bicyclic) bond motifs is 1. The highest BCUT2D eigenvalue weighted by Crippen LogP contribution is 2.35. The molecule has 0 spiro atoms. The first-order valence-electron chi connectivity index (χ1n) is 12.0. The molecule has 0 aliphatic carbocycles. The fourth-order valence-electron chi connectivity index (χ4n) is 4.42. The van der Waals surface area contributed by atoms with Crippen LogP contribution in [0.25, 0.3) is 10.8 Å². The molecular formula is C30H27N3O3S. The number of anilines is 1. The number of carbonyl (C=O) groups excluding carboxylic acids is 2. The minimum Gasteiger partial charge on any atom is -0.497 e. The minimum atomic E-state index is -0.192. The molecule has 186 valence electrons. The van der Waals surface area contributed by atoms with Crippen LogP contribution in [0, 0.1) is 0 Å². The number of nitrogens with zero attached hydrogens (tertiary/aromatic N) is 2. The number of rotatable bonds is 7. The maximum absolute atomic E-state index is 13.4. The normalized spacial score (nSPS) is 14.9. The van der Waals surface area contributed by atoms with Crippen LogP contribution in [0.4, 0.5) is 5.69 Å². The molecule has 0 fully saturated rings. The fraction of sp³-hybridized carbons (Fsp3) is 0.167. The number of ether oxygens (including phenoxy) is 1. The predicted octanol–water partition coefficient (Wildman–Crippen LogP) is 6.28. The van der Waals surface area contributed by atoms with E-state index in [0.717, 1.165) is 38.6 Å². The van der Waals surface area contributed by atoms with Gasteiger partial charge in [0, 0.05) is 23.9 Å². The summed E-state index contributed by atoms with van der Waals surface area (Å²) < 4.78 is 5.32. The Labute approximate surface area is 220 Å². The van der Waals surface area contributed by atoms with Gasteiger partial charge in [-0.15, -0.1) is 11.8 Å². The summed E-state index contributed by atoms with van der Waals surface area (Å²) in [6, 6.07) is 29.6. The Balaban J connectivity index is 1.38. The zero-order valence-corrected chi connectivity index (χ0v) is 21.5. The highest BCUT2D eigenvalue weighted by molar-refractivity contribution is 8.00. The van der Waals surface area contributed by atoms with Crippen LogP contribution in [-0.4, -0.2) is 35.4 Å². The van der Waals surface area contributed by atoms with Crippen LogP contribution in [0.3, 0.4) is 0 Å². The van der Waals surface area contributed by atoms with Crippen molar-refractivity contribution in [3.05, 3.63) is 102 Å². The maximum Gasteiger partial charge on any atom is 0.253 e. The number of thioether (sulfide) groups is 1. The fourth-order valence-corrected chi connectivity index (χ4v) is 5.17. The maximum atomic E-state index is 13.4. The van der Waals surface area contributed by atoms with E-state index < -0.39 is 0 Å². The average Bonchev–Trinajstić information content (AvgIpc) is 3.38. The topological polar surface area (TPSA) is 71.0 Å². The summed E-state index contributed by atoms with van der Waals surface area (Å²) >= 11 is 1.45. The number of hydrogen-bond donors (Lipinski definition) is 1. The van der Waals surface area contributed by atoms with Gasteiger partial charge in [-0.25, -0.2) is 5.01 Å². The molecule has 0 saturated carbocycles. The Hall–Kier alpha value is -4.10. The van der Waals surface area contributed by atoms with Gasteiger partial charge in [0.15, 0.2) is 0 Å². The Morgan fingerprint density at radius 2 is 1.70 bits per heavy atom. The molecule has 4 aromatic carbocycles. The van der Waals surface area contributed by atoms with Crippen LogP contribution < -0.4 is 10.1 Å². The summed E-state index contributed by atoms with van der Waals surface area (Å²) in [5, 5.41) is 11.5. The van der Waals surface area contributed by atoms with Gasteiger partial charge in [-0.3, -0.25) is 9.59 Å². The summed E-state index contributed by atoms with van der Waals surface area (Å²) in [7, 11) is 1.64. The molecule has 0 saturated heterocycles. The number of amides is 2. The molecule has 6 nitrogen and oxygen atoms in total. The number of hydrogen-bond acceptors (Lipinski definition) is 5. The van der Waals surface area contributed by atoms with E-state index in [1.54, 1.807) is 12.1 Å². The van der Waals surface area contributed by atoms with E-state index in [2.05, 4.69) is 35.6 Å². The first-order valence-corrected chi connectivity index (χ1v) is 13.0. The van der Waals surface area contributed by atoms with Crippen LogP contribution in [0.5, 0.6) is 5.75 Å². The van der Waals surface area contributed by atoms with Gasteiger partial charge in [-0.1, -0.05) is 48.5 Å². The number of benzene rings is 4. The third-order valence-corrected chi connectivity index (χ3v) is 7.28. The van der Waals surface area contributed by atoms with Crippen molar-refractivity contribution in [1.29, 1.82) is 0 Å². The molecule has 1 aliphatic rings. The molecule has 0 bridgehead atoms. The molecule has 0 unspecified atom stereocenters. The molecule has 0 radical (unpaired) electrons. The van der Waals surface area contributed by atoms with Gasteiger partial charge in [-0.05, 0) is 64.4 Å². The van der Waals surface area contributed by atoms with Gasteiger partial charge in [0.1, 0.15) is 5.75 Å². The molecule has 5 rings (SSSR count). The van der Waals surface area contributed by atoms with Crippen LogP contribution >= 0.6 is 11.8 Å². The molecule has 0 aromatic heterocycles. The second-order valence-corrected chi connectivity index (χ2v) is 9.88. The van der Waals surface area contributed by atoms with E-state index in [-0.39, 0.29) is 23.6 Å². The van der Waals surface area contributed by atoms with Gasteiger partial charge in [0.05, 0.1) is 24.6 Å². The van der Waals surface area contributed by atoms with Crippen molar-refractivity contribution in [1.82, 2.24) is 5.01 Å². The second kappa shape index (κ2) is 10.9. The number of nitrogens with one attached hydrogen (secondary N) is 1. The van der Waals surface area contributed by atoms with Gasteiger partial charge < -0.3 is 10.1 Å². The third kappa shape index (κ3) is 5.67. The monoisotopic (exact) mass is 509 g/mol. The van der Waals surface area contributed by atoms with Crippen LogP contribution in [0.15, 0.2) is 101 Å². The predicted molar refractivity (Wildman–Crippen MR) is 149 cm³/mol. The van der Waals surface area contributed by atoms with Crippen molar-refractivity contribution in [2.75, 3.05) is 18.2 Å². The zero-order valence-electron chi connectivity index (χ0n) is 20.7. The molecule has 37 heavy (non-hydrogen) atoms. The smallest absolute Gasteiger partial charge is 0.253 e. The summed E-state index contributed by atoms with van der Waals surface area (Å²) in [5.41, 5.74) is 3.66. The summed E-state index contributed by atoms with van der Waals surface area (Å²) in [6.07, 6.45) is 0.631. The summed E-state index contributed by atoms with van der Waals surface area (Å²) in [4.78, 5) is 25.6. The quantitative estimate of drug-likeness (QED) is 0.298. The summed E-state index contributed by atoms with van der Waals surface area (Å²) in [5.74, 6) is 0.844. The lowest BCUT2D eigenvalue weighted by molar-refractivity contribution is -0.130. The van der Waals surface area contributed by atoms with Crippen molar-refractivity contribution in [2.24, 2.45) is 5.10 Å². The molecule has 4 aromatic rings. The van der Waals surface area contributed by atoms with Crippen LogP contribution in [0.2, 0.25) is 0 Å². The Morgan fingerprint density at radius 3 is 2.41 bits per heavy atom. The van der Waals surface area contributed by atoms with Crippen molar-refractivity contribution in [3.63, 3.8) is 0 Å². The first kappa shape index (κ1) is 24.6. The minimum absolute atomic E-state index is 0.0625. The Bertz CT molecular complexity index is 1470. The summed E-state index contributed by atoms with van der Waals surface area (Å²) in [6.45, 7) is 1.48. The molecular weight excluding hydrogens is 482 g/mol. The molecule has 1 N–H and O–H groups in total. The lowest BCUT2D eigenvalue weighted by Gasteiger charge is -2.22. The number of methoxy groups -OCH3 is 1. The van der Waals surface area contributed by atoms with Crippen molar-refractivity contribution in [2.45, 2.75) is 24.3 Å². The van der Waals surface area contributed by atoms with Gasteiger partial charge in [-0.2, -0.15) is 5.10 Å². The molecule has 7 heteroatoms. The van der Waals surface area contributed by atoms with Gasteiger partial charge in [0.2, 0.25) is 5.91 Å². The van der Waals surface area contributed by atoms with Gasteiger partial charge >= 0.3 is 0 Å². The lowest BCUT2D eigenvalue weighted by atomic mass is 9.97. The van der Waals surface area contributed by atoms with Gasteiger partial charge in [0.25, 0.3) is 5.91 Å². The third-order valence-electron chi connectivity index (χ3n) is 6.29. The first-order chi connectivity index (χ1) is 18.0. The van der Waals surface area contributed by atoms with Crippen molar-refractivity contribution in [3.8, 4) is 5.75 Å². The second-order valence-electron chi connectivity index (χ2n) is 8.83. The molecule has 1 aliphatic heterocycles. The molecule has 2 amide bonds. The Morgan fingerprint density at radius 1 is 0.973 bits per heavy atom. The van der Waals surface area contributed by atoms with E-state index in [1.807, 2.05) is 60.7 Å². The van der Waals surface area contributed by atoms with E-state index in [1.165, 1.54) is 24.1 Å². The standard InChI is InChI=1S/C30H27N3O3S/c1-20(34)31-25-11-15-27(16-12-25)37-19-30(35)33-29(22-9-13-26(36-2)14-10-22)18-28(32-33)24-8-7-21-5-3-4-6-23(21)17-24/h3-17,29H,18-19H2,1-2H3,(H,31,34)/t29-/m0/s1. The Kier molecular flexibility index (Phi) is 7.23. The van der Waals surface area contributed by atoms with E-state index in [9.17, 15) is 9.59 Å². The number of hydrazone groups is 1. The highest BCUT2D eigenvalue weighted by atomic mass is 32.2. The average molecular weight is 510 g/mol. The van der Waals surface area contributed by atoms with E-state index in [4.69, 9.17) is 9.84 Å². The highest BCUT2D eigenvalue weighted by Gasteiger charge is 2.33. The van der Waals surface area contributed by atoms with E-state index >= 15 is 0 Å². The van der Waals surface area contributed by atoms with E-state index in [0.29, 0.717) is 6.42 Å². The zero-order chi connectivity index (χ0) is 25.8. The number of carbonyl (C=O) groups is 2. The SMILES string of the molecule is COc1ccc([C@@H]2CC(c3ccc4ccccc4c3)=NN2C(=O)CSc2ccc(NC(C)=O)cc2)cc1. The van der Waals surface area contributed by atoms with Crippen LogP contribution in [-0.2, 0) is 9.59 Å². The molecule has 1 heterocycles.